The van der Waals surface area contributed by atoms with Crippen LogP contribution in [-0.2, 0) is 4.79 Å². The van der Waals surface area contributed by atoms with E-state index in [0.29, 0.717) is 17.9 Å². The van der Waals surface area contributed by atoms with Crippen LogP contribution in [-0.4, -0.2) is 40.6 Å². The molecule has 2 rings (SSSR count). The number of hydrogen-bond acceptors (Lipinski definition) is 3. The molecule has 4 heteroatoms. The van der Waals surface area contributed by atoms with E-state index in [2.05, 4.69) is 37.2 Å². The fourth-order valence-corrected chi connectivity index (χ4v) is 4.47. The summed E-state index contributed by atoms with van der Waals surface area (Å²) in [5, 5.41) is 4.33. The SMILES string of the molecule is CCC(C)C1NC(CC)N(C2CCCC(SC)C2)C1=O. The molecule has 1 saturated heterocycles. The summed E-state index contributed by atoms with van der Waals surface area (Å²) in [5.74, 6) is 0.791. The summed E-state index contributed by atoms with van der Waals surface area (Å²) in [4.78, 5) is 15.0. The highest BCUT2D eigenvalue weighted by atomic mass is 32.2. The van der Waals surface area contributed by atoms with Crippen molar-refractivity contribution >= 4 is 17.7 Å². The summed E-state index contributed by atoms with van der Waals surface area (Å²) in [5.41, 5.74) is 0. The average molecular weight is 298 g/mol. The van der Waals surface area contributed by atoms with Crippen LogP contribution in [0.1, 0.15) is 59.3 Å². The molecule has 0 radical (unpaired) electrons. The van der Waals surface area contributed by atoms with Gasteiger partial charge >= 0.3 is 0 Å². The Labute approximate surface area is 128 Å². The maximum Gasteiger partial charge on any atom is 0.241 e. The number of carbonyl (C=O) groups is 1. The Bertz CT molecular complexity index is 336. The first-order valence-electron chi connectivity index (χ1n) is 8.23. The zero-order valence-electron chi connectivity index (χ0n) is 13.4. The van der Waals surface area contributed by atoms with Crippen LogP contribution in [0, 0.1) is 5.92 Å². The van der Waals surface area contributed by atoms with Crippen LogP contribution >= 0.6 is 11.8 Å². The molecule has 2 fully saturated rings. The van der Waals surface area contributed by atoms with Crippen LogP contribution in [0.4, 0.5) is 0 Å². The Morgan fingerprint density at radius 1 is 1.40 bits per heavy atom. The van der Waals surface area contributed by atoms with E-state index in [1.807, 2.05) is 11.8 Å². The van der Waals surface area contributed by atoms with Gasteiger partial charge in [-0.05, 0) is 37.9 Å². The van der Waals surface area contributed by atoms with Gasteiger partial charge in [0.1, 0.15) is 0 Å². The topological polar surface area (TPSA) is 32.3 Å². The predicted octanol–water partition coefficient (Wildman–Crippen LogP) is 3.24. The van der Waals surface area contributed by atoms with E-state index in [4.69, 9.17) is 0 Å². The molecule has 0 bridgehead atoms. The largest absolute Gasteiger partial charge is 0.323 e. The lowest BCUT2D eigenvalue weighted by Crippen LogP contribution is -2.46. The maximum absolute atomic E-state index is 12.8. The number of nitrogens with zero attached hydrogens (tertiary/aromatic N) is 1. The van der Waals surface area contributed by atoms with Gasteiger partial charge in [-0.1, -0.05) is 33.6 Å². The smallest absolute Gasteiger partial charge is 0.241 e. The van der Waals surface area contributed by atoms with Gasteiger partial charge in [-0.3, -0.25) is 10.1 Å². The first kappa shape index (κ1) is 16.2. The molecule has 3 nitrogen and oxygen atoms in total. The van der Waals surface area contributed by atoms with Gasteiger partial charge in [-0.25, -0.2) is 0 Å². The second-order valence-electron chi connectivity index (χ2n) is 6.38. The zero-order chi connectivity index (χ0) is 14.7. The molecule has 5 atom stereocenters. The molecule has 116 valence electrons. The van der Waals surface area contributed by atoms with E-state index in [1.165, 1.54) is 25.7 Å². The second kappa shape index (κ2) is 7.17. The summed E-state index contributed by atoms with van der Waals surface area (Å²) >= 11 is 1.97. The van der Waals surface area contributed by atoms with Crippen molar-refractivity contribution in [3.05, 3.63) is 0 Å². The van der Waals surface area contributed by atoms with Gasteiger partial charge in [-0.2, -0.15) is 11.8 Å². The molecule has 20 heavy (non-hydrogen) atoms. The Morgan fingerprint density at radius 2 is 2.15 bits per heavy atom. The van der Waals surface area contributed by atoms with Crippen LogP contribution in [0.3, 0.4) is 0 Å². The van der Waals surface area contributed by atoms with Crippen LogP contribution in [0.5, 0.6) is 0 Å². The molecule has 1 saturated carbocycles. The standard InChI is InChI=1S/C16H30N2OS/c1-5-11(3)15-16(19)18(14(6-2)17-15)12-8-7-9-13(10-12)20-4/h11-15,17H,5-10H2,1-4H3. The van der Waals surface area contributed by atoms with Gasteiger partial charge in [0.15, 0.2) is 0 Å². The van der Waals surface area contributed by atoms with Crippen molar-refractivity contribution in [2.75, 3.05) is 6.26 Å². The number of rotatable bonds is 5. The second-order valence-corrected chi connectivity index (χ2v) is 7.52. The zero-order valence-corrected chi connectivity index (χ0v) is 14.2. The lowest BCUT2D eigenvalue weighted by atomic mass is 9.92. The lowest BCUT2D eigenvalue weighted by Gasteiger charge is -2.37. The van der Waals surface area contributed by atoms with E-state index in [-0.39, 0.29) is 12.2 Å². The summed E-state index contributed by atoms with van der Waals surface area (Å²) in [7, 11) is 0. The fraction of sp³-hybridized carbons (Fsp3) is 0.938. The van der Waals surface area contributed by atoms with Gasteiger partial charge < -0.3 is 4.90 Å². The Hall–Kier alpha value is -0.220. The third-order valence-corrected chi connectivity index (χ3v) is 6.25. The van der Waals surface area contributed by atoms with Gasteiger partial charge in [-0.15, -0.1) is 0 Å². The van der Waals surface area contributed by atoms with Gasteiger partial charge in [0, 0.05) is 11.3 Å². The maximum atomic E-state index is 12.8. The van der Waals surface area contributed by atoms with Crippen molar-refractivity contribution in [1.29, 1.82) is 0 Å². The first-order chi connectivity index (χ1) is 9.62. The van der Waals surface area contributed by atoms with Gasteiger partial charge in [0.25, 0.3) is 0 Å². The number of thioether (sulfide) groups is 1. The molecule has 1 N–H and O–H groups in total. The lowest BCUT2D eigenvalue weighted by molar-refractivity contribution is -0.133. The van der Waals surface area contributed by atoms with Crippen molar-refractivity contribution in [2.24, 2.45) is 5.92 Å². The Kier molecular flexibility index (Phi) is 5.79. The fourth-order valence-electron chi connectivity index (χ4n) is 3.65. The van der Waals surface area contributed by atoms with Gasteiger partial charge in [0.05, 0.1) is 12.2 Å². The minimum absolute atomic E-state index is 0.0413. The van der Waals surface area contributed by atoms with Gasteiger partial charge in [0.2, 0.25) is 5.91 Å². The summed E-state index contributed by atoms with van der Waals surface area (Å²) in [6.07, 6.45) is 9.49. The van der Waals surface area contributed by atoms with E-state index < -0.39 is 0 Å². The van der Waals surface area contributed by atoms with Crippen LogP contribution in [0.25, 0.3) is 0 Å². The third-order valence-electron chi connectivity index (χ3n) is 5.15. The molecule has 0 aromatic heterocycles. The monoisotopic (exact) mass is 298 g/mol. The van der Waals surface area contributed by atoms with E-state index in [1.54, 1.807) is 0 Å². The minimum Gasteiger partial charge on any atom is -0.323 e. The number of nitrogens with one attached hydrogen (secondary N) is 1. The summed E-state index contributed by atoms with van der Waals surface area (Å²) < 4.78 is 0. The highest BCUT2D eigenvalue weighted by molar-refractivity contribution is 7.99. The Morgan fingerprint density at radius 3 is 2.75 bits per heavy atom. The normalized spacial score (nSPS) is 36.4. The average Bonchev–Trinajstić information content (AvgIpc) is 2.83. The van der Waals surface area contributed by atoms with Crippen LogP contribution in [0.2, 0.25) is 0 Å². The van der Waals surface area contributed by atoms with Crippen molar-refractivity contribution in [3.63, 3.8) is 0 Å². The molecule has 0 aromatic rings. The number of amides is 1. The molecular weight excluding hydrogens is 268 g/mol. The summed E-state index contributed by atoms with van der Waals surface area (Å²) in [6, 6.07) is 0.500. The van der Waals surface area contributed by atoms with Crippen molar-refractivity contribution in [1.82, 2.24) is 10.2 Å². The first-order valence-corrected chi connectivity index (χ1v) is 9.52. The van der Waals surface area contributed by atoms with E-state index >= 15 is 0 Å². The quantitative estimate of drug-likeness (QED) is 0.845. The molecular formula is C16H30N2OS. The molecule has 0 aromatic carbocycles. The molecule has 0 spiro atoms. The minimum atomic E-state index is 0.0413. The number of hydrogen-bond donors (Lipinski definition) is 1. The highest BCUT2D eigenvalue weighted by Crippen LogP contribution is 2.33. The van der Waals surface area contributed by atoms with E-state index in [0.717, 1.165) is 18.1 Å². The van der Waals surface area contributed by atoms with Crippen LogP contribution in [0.15, 0.2) is 0 Å². The van der Waals surface area contributed by atoms with Crippen LogP contribution < -0.4 is 5.32 Å². The van der Waals surface area contributed by atoms with E-state index in [9.17, 15) is 4.79 Å². The molecule has 1 amide bonds. The van der Waals surface area contributed by atoms with Crippen molar-refractivity contribution in [2.45, 2.75) is 82.8 Å². The molecule has 1 aliphatic carbocycles. The molecule has 1 heterocycles. The molecule has 1 aliphatic heterocycles. The molecule has 5 unspecified atom stereocenters. The Balaban J connectivity index is 2.10. The summed E-state index contributed by atoms with van der Waals surface area (Å²) in [6.45, 7) is 6.55. The van der Waals surface area contributed by atoms with Crippen molar-refractivity contribution < 1.29 is 4.79 Å². The molecule has 2 aliphatic rings. The highest BCUT2D eigenvalue weighted by Gasteiger charge is 2.44. The van der Waals surface area contributed by atoms with Crippen molar-refractivity contribution in [3.8, 4) is 0 Å². The predicted molar refractivity (Wildman–Crippen MR) is 86.9 cm³/mol. The number of carbonyl (C=O) groups excluding carboxylic acids is 1. The third kappa shape index (κ3) is 3.16.